The molecule has 1 aliphatic carbocycles. The molecule has 0 radical (unpaired) electrons. The Morgan fingerprint density at radius 1 is 1.08 bits per heavy atom. The normalized spacial score (nSPS) is 13.9. The van der Waals surface area contributed by atoms with E-state index in [9.17, 15) is 14.7 Å². The van der Waals surface area contributed by atoms with Crippen LogP contribution in [0.1, 0.15) is 63.5 Å². The van der Waals surface area contributed by atoms with Crippen molar-refractivity contribution in [1.29, 1.82) is 0 Å². The maximum atomic E-state index is 12.5. The number of aromatic nitrogens is 3. The highest BCUT2D eigenvalue weighted by Gasteiger charge is 2.32. The third kappa shape index (κ3) is 5.90. The summed E-state index contributed by atoms with van der Waals surface area (Å²) in [5.41, 5.74) is 2.91. The lowest BCUT2D eigenvalue weighted by Gasteiger charge is -2.39. The molecule has 36 heavy (non-hydrogen) atoms. The molecule has 1 fully saturated rings. The molecule has 2 aromatic heterocycles. The molecule has 0 saturated heterocycles. The maximum absolute atomic E-state index is 12.5. The minimum Gasteiger partial charge on any atom is -0.465 e. The second kappa shape index (κ2) is 9.37. The fourth-order valence-corrected chi connectivity index (χ4v) is 4.04. The van der Waals surface area contributed by atoms with Gasteiger partial charge in [0.15, 0.2) is 0 Å². The van der Waals surface area contributed by atoms with Crippen molar-refractivity contribution < 1.29 is 14.7 Å². The number of carbonyl (C=O) groups is 2. The van der Waals surface area contributed by atoms with Crippen molar-refractivity contribution in [3.8, 4) is 11.1 Å². The van der Waals surface area contributed by atoms with Gasteiger partial charge in [0.25, 0.3) is 5.91 Å². The summed E-state index contributed by atoms with van der Waals surface area (Å²) in [4.78, 5) is 39.1. The average Bonchev–Trinajstić information content (AvgIpc) is 3.60. The highest BCUT2D eigenvalue weighted by Crippen LogP contribution is 2.28. The molecular formula is C27H34N6O3. The number of rotatable bonds is 7. The molecule has 0 bridgehead atoms. The van der Waals surface area contributed by atoms with E-state index in [0.29, 0.717) is 11.6 Å². The molecule has 0 atom stereocenters. The topological polar surface area (TPSA) is 120 Å². The van der Waals surface area contributed by atoms with Gasteiger partial charge in [0.05, 0.1) is 11.1 Å². The quantitative estimate of drug-likeness (QED) is 0.432. The van der Waals surface area contributed by atoms with Crippen LogP contribution >= 0.6 is 0 Å². The van der Waals surface area contributed by atoms with Gasteiger partial charge in [-0.05, 0) is 89.3 Å². The summed E-state index contributed by atoms with van der Waals surface area (Å²) in [7, 11) is 0. The van der Waals surface area contributed by atoms with E-state index in [2.05, 4.69) is 25.6 Å². The standard InChI is InChI=1S/C27H34N6O3/c1-16-13-28-22(23(34)30-19-8-9-19)12-20(16)17-7-10-21-18(11-17)14-29-24(31-21)32-27(5,6)15-33(25(35)36)26(2,3)4/h7,10-14,19H,8-9,15H2,1-6H3,(H,30,34)(H,35,36)(H,29,31,32). The van der Waals surface area contributed by atoms with Crippen LogP contribution in [0.2, 0.25) is 0 Å². The Bertz CT molecular complexity index is 1310. The van der Waals surface area contributed by atoms with Crippen LogP contribution in [0, 0.1) is 6.92 Å². The second-order valence-electron chi connectivity index (χ2n) is 11.1. The number of fused-ring (bicyclic) bond motifs is 1. The first-order valence-electron chi connectivity index (χ1n) is 12.2. The van der Waals surface area contributed by atoms with E-state index in [4.69, 9.17) is 0 Å². The summed E-state index contributed by atoms with van der Waals surface area (Å²) in [6.07, 6.45) is 4.56. The van der Waals surface area contributed by atoms with Crippen molar-refractivity contribution >= 4 is 28.9 Å². The van der Waals surface area contributed by atoms with Gasteiger partial charge in [-0.25, -0.2) is 14.8 Å². The summed E-state index contributed by atoms with van der Waals surface area (Å²) in [5, 5.41) is 16.8. The molecule has 2 amide bonds. The van der Waals surface area contributed by atoms with Gasteiger partial charge in [0.1, 0.15) is 5.69 Å². The molecule has 0 aliphatic heterocycles. The monoisotopic (exact) mass is 490 g/mol. The zero-order valence-corrected chi connectivity index (χ0v) is 21.7. The number of hydrogen-bond acceptors (Lipinski definition) is 6. The van der Waals surface area contributed by atoms with E-state index in [1.807, 2.05) is 65.8 Å². The van der Waals surface area contributed by atoms with Gasteiger partial charge in [0.2, 0.25) is 5.95 Å². The van der Waals surface area contributed by atoms with Crippen LogP contribution in [0.15, 0.2) is 36.7 Å². The zero-order valence-electron chi connectivity index (χ0n) is 21.7. The Labute approximate surface area is 211 Å². The molecule has 4 rings (SSSR count). The van der Waals surface area contributed by atoms with Gasteiger partial charge >= 0.3 is 6.09 Å². The molecular weight excluding hydrogens is 456 g/mol. The lowest BCUT2D eigenvalue weighted by Crippen LogP contribution is -2.53. The highest BCUT2D eigenvalue weighted by molar-refractivity contribution is 5.94. The first kappa shape index (κ1) is 25.3. The first-order chi connectivity index (χ1) is 16.8. The van der Waals surface area contributed by atoms with Gasteiger partial charge in [0, 0.05) is 35.9 Å². The molecule has 3 N–H and O–H groups in total. The Morgan fingerprint density at radius 2 is 1.81 bits per heavy atom. The van der Waals surface area contributed by atoms with Crippen molar-refractivity contribution in [2.75, 3.05) is 11.9 Å². The Balaban J connectivity index is 1.56. The second-order valence-corrected chi connectivity index (χ2v) is 11.1. The lowest BCUT2D eigenvalue weighted by molar-refractivity contribution is 0.0898. The third-order valence-electron chi connectivity index (χ3n) is 6.18. The fraction of sp³-hybridized carbons (Fsp3) is 0.444. The van der Waals surface area contributed by atoms with Gasteiger partial charge in [-0.1, -0.05) is 6.07 Å². The third-order valence-corrected chi connectivity index (χ3v) is 6.18. The predicted molar refractivity (Wildman–Crippen MR) is 140 cm³/mol. The van der Waals surface area contributed by atoms with Crippen LogP contribution in [0.4, 0.5) is 10.7 Å². The van der Waals surface area contributed by atoms with Crippen LogP contribution < -0.4 is 10.6 Å². The minimum absolute atomic E-state index is 0.144. The first-order valence-corrected chi connectivity index (χ1v) is 12.2. The predicted octanol–water partition coefficient (Wildman–Crippen LogP) is 4.86. The summed E-state index contributed by atoms with van der Waals surface area (Å²) in [6.45, 7) is 11.7. The Morgan fingerprint density at radius 3 is 2.44 bits per heavy atom. The van der Waals surface area contributed by atoms with Gasteiger partial charge in [-0.15, -0.1) is 0 Å². The van der Waals surface area contributed by atoms with Crippen molar-refractivity contribution in [3.63, 3.8) is 0 Å². The number of aryl methyl sites for hydroxylation is 1. The van der Waals surface area contributed by atoms with E-state index >= 15 is 0 Å². The zero-order chi connectivity index (χ0) is 26.3. The number of carboxylic acid groups (broad SMARTS) is 1. The highest BCUT2D eigenvalue weighted by atomic mass is 16.4. The molecule has 1 aliphatic rings. The van der Waals surface area contributed by atoms with Gasteiger partial charge < -0.3 is 20.6 Å². The number of nitrogens with zero attached hydrogens (tertiary/aromatic N) is 4. The number of hydrogen-bond donors (Lipinski definition) is 3. The number of anilines is 1. The fourth-order valence-electron chi connectivity index (χ4n) is 4.04. The van der Waals surface area contributed by atoms with Crippen LogP contribution in [0.25, 0.3) is 22.0 Å². The average molecular weight is 491 g/mol. The van der Waals surface area contributed by atoms with Crippen LogP contribution in [0.5, 0.6) is 0 Å². The number of pyridine rings is 1. The van der Waals surface area contributed by atoms with Crippen LogP contribution in [-0.4, -0.2) is 60.6 Å². The van der Waals surface area contributed by atoms with E-state index < -0.39 is 17.2 Å². The number of carbonyl (C=O) groups excluding carboxylic acids is 1. The smallest absolute Gasteiger partial charge is 0.407 e. The molecule has 0 spiro atoms. The number of amides is 2. The maximum Gasteiger partial charge on any atom is 0.407 e. The van der Waals surface area contributed by atoms with E-state index in [-0.39, 0.29) is 18.5 Å². The Hall–Kier alpha value is -3.75. The van der Waals surface area contributed by atoms with E-state index in [1.165, 1.54) is 4.90 Å². The molecule has 2 heterocycles. The van der Waals surface area contributed by atoms with Crippen molar-refractivity contribution in [1.82, 2.24) is 25.2 Å². The molecule has 190 valence electrons. The molecule has 9 heteroatoms. The molecule has 3 aromatic rings. The van der Waals surface area contributed by atoms with Crippen molar-refractivity contribution in [2.24, 2.45) is 0 Å². The van der Waals surface area contributed by atoms with Crippen molar-refractivity contribution in [3.05, 3.63) is 47.9 Å². The van der Waals surface area contributed by atoms with Crippen molar-refractivity contribution in [2.45, 2.75) is 71.5 Å². The molecule has 9 nitrogen and oxygen atoms in total. The lowest BCUT2D eigenvalue weighted by atomic mass is 9.99. The van der Waals surface area contributed by atoms with Crippen LogP contribution in [0.3, 0.4) is 0 Å². The molecule has 1 saturated carbocycles. The Kier molecular flexibility index (Phi) is 6.60. The van der Waals surface area contributed by atoms with E-state index in [1.54, 1.807) is 12.4 Å². The van der Waals surface area contributed by atoms with Crippen LogP contribution in [-0.2, 0) is 0 Å². The SMILES string of the molecule is Cc1cnc(C(=O)NC2CC2)cc1-c1ccc2nc(NC(C)(C)CN(C(=O)O)C(C)(C)C)ncc2c1. The summed E-state index contributed by atoms with van der Waals surface area (Å²) in [6, 6.07) is 8.00. The molecule has 0 unspecified atom stereocenters. The largest absolute Gasteiger partial charge is 0.465 e. The van der Waals surface area contributed by atoms with Gasteiger partial charge in [-0.2, -0.15) is 0 Å². The number of benzene rings is 1. The van der Waals surface area contributed by atoms with E-state index in [0.717, 1.165) is 40.4 Å². The number of nitrogens with one attached hydrogen (secondary N) is 2. The minimum atomic E-state index is -0.969. The van der Waals surface area contributed by atoms with Gasteiger partial charge in [-0.3, -0.25) is 9.78 Å². The molecule has 1 aromatic carbocycles. The summed E-state index contributed by atoms with van der Waals surface area (Å²) >= 11 is 0. The summed E-state index contributed by atoms with van der Waals surface area (Å²) in [5.74, 6) is 0.285. The summed E-state index contributed by atoms with van der Waals surface area (Å²) < 4.78 is 0.